The van der Waals surface area contributed by atoms with Gasteiger partial charge in [0, 0.05) is 5.92 Å². The fraction of sp³-hybridized carbons (Fsp3) is 0.700. The average molecular weight is 274 g/mol. The van der Waals surface area contributed by atoms with Gasteiger partial charge in [-0.25, -0.2) is 0 Å². The minimum absolute atomic E-state index is 0.421. The highest BCUT2D eigenvalue weighted by Crippen LogP contribution is 2.69. The molecule has 2 rings (SSSR count). The van der Waals surface area contributed by atoms with E-state index in [0.717, 1.165) is 12.2 Å². The Bertz CT molecular complexity index is 394. The summed E-state index contributed by atoms with van der Waals surface area (Å²) in [6.07, 6.45) is -9.72. The van der Waals surface area contributed by atoms with Gasteiger partial charge in [-0.05, 0) is 12.3 Å². The molecule has 1 fully saturated rings. The molecule has 0 aliphatic heterocycles. The van der Waals surface area contributed by atoms with Gasteiger partial charge in [-0.3, -0.25) is 4.79 Å². The van der Waals surface area contributed by atoms with E-state index in [1.165, 1.54) is 0 Å². The lowest BCUT2D eigenvalue weighted by Crippen LogP contribution is -2.59. The maximum absolute atomic E-state index is 13.0. The Morgan fingerprint density at radius 1 is 1.11 bits per heavy atom. The predicted molar refractivity (Wildman–Crippen MR) is 46.4 cm³/mol. The minimum atomic E-state index is -5.64. The summed E-state index contributed by atoms with van der Waals surface area (Å²) in [5.41, 5.74) is -4.16. The van der Waals surface area contributed by atoms with E-state index in [4.69, 9.17) is 5.11 Å². The molecule has 0 aromatic rings. The minimum Gasteiger partial charge on any atom is -0.481 e. The van der Waals surface area contributed by atoms with Crippen LogP contribution in [0.4, 0.5) is 26.3 Å². The molecule has 2 nitrogen and oxygen atoms in total. The van der Waals surface area contributed by atoms with Crippen molar-refractivity contribution < 1.29 is 36.2 Å². The van der Waals surface area contributed by atoms with Crippen molar-refractivity contribution in [3.63, 3.8) is 0 Å². The number of hydrogen-bond acceptors (Lipinski definition) is 1. The Balaban J connectivity index is 2.66. The first-order chi connectivity index (χ1) is 8.03. The lowest BCUT2D eigenvalue weighted by atomic mass is 9.67. The second-order valence-electron chi connectivity index (χ2n) is 4.57. The van der Waals surface area contributed by atoms with Crippen molar-refractivity contribution >= 4 is 5.97 Å². The Labute approximate surface area is 97.3 Å². The highest BCUT2D eigenvalue weighted by atomic mass is 19.4. The van der Waals surface area contributed by atoms with Crippen molar-refractivity contribution in [1.82, 2.24) is 0 Å². The number of alkyl halides is 6. The van der Waals surface area contributed by atoms with Gasteiger partial charge in [0.15, 0.2) is 5.41 Å². The first-order valence-electron chi connectivity index (χ1n) is 5.08. The highest BCUT2D eigenvalue weighted by Gasteiger charge is 2.82. The molecule has 0 radical (unpaired) electrons. The van der Waals surface area contributed by atoms with E-state index in [1.807, 2.05) is 0 Å². The van der Waals surface area contributed by atoms with Crippen molar-refractivity contribution in [2.45, 2.75) is 18.8 Å². The van der Waals surface area contributed by atoms with Crippen molar-refractivity contribution in [2.24, 2.45) is 23.2 Å². The Morgan fingerprint density at radius 3 is 1.94 bits per heavy atom. The van der Waals surface area contributed by atoms with E-state index < -0.39 is 47.9 Å². The molecule has 0 spiro atoms. The third-order valence-corrected chi connectivity index (χ3v) is 3.82. The van der Waals surface area contributed by atoms with Crippen LogP contribution in [-0.4, -0.2) is 23.4 Å². The van der Waals surface area contributed by atoms with E-state index in [0.29, 0.717) is 0 Å². The molecule has 18 heavy (non-hydrogen) atoms. The van der Waals surface area contributed by atoms with Crippen LogP contribution >= 0.6 is 0 Å². The van der Waals surface area contributed by atoms with Gasteiger partial charge in [0.2, 0.25) is 0 Å². The standard InChI is InChI=1S/C10H8F6O2/c11-9(12,13)8(10(14,15)16)5-2-1-4(3-5)6(8)7(17)18/h1-2,4-6H,3H2,(H,17,18)/t4-,5-,6-/m0/s1. The van der Waals surface area contributed by atoms with Crippen LogP contribution in [0.1, 0.15) is 6.42 Å². The summed E-state index contributed by atoms with van der Waals surface area (Å²) >= 11 is 0. The number of carboxylic acids is 1. The topological polar surface area (TPSA) is 37.3 Å². The molecule has 0 amide bonds. The number of aliphatic carboxylic acids is 1. The molecule has 1 N–H and O–H groups in total. The van der Waals surface area contributed by atoms with Crippen LogP contribution in [0, 0.1) is 23.2 Å². The number of halogens is 6. The highest BCUT2D eigenvalue weighted by molar-refractivity contribution is 5.73. The maximum atomic E-state index is 13.0. The molecule has 0 unspecified atom stereocenters. The fourth-order valence-electron chi connectivity index (χ4n) is 3.19. The summed E-state index contributed by atoms with van der Waals surface area (Å²) in [6, 6.07) is 0. The zero-order valence-corrected chi connectivity index (χ0v) is 8.72. The molecule has 2 aliphatic rings. The Hall–Kier alpha value is -1.21. The number of carbonyl (C=O) groups is 1. The predicted octanol–water partition coefficient (Wildman–Crippen LogP) is 3.00. The van der Waals surface area contributed by atoms with Gasteiger partial charge in [-0.2, -0.15) is 26.3 Å². The molecule has 102 valence electrons. The third kappa shape index (κ3) is 1.34. The summed E-state index contributed by atoms with van der Waals surface area (Å²) in [7, 11) is 0. The summed E-state index contributed by atoms with van der Waals surface area (Å²) in [4.78, 5) is 10.9. The van der Waals surface area contributed by atoms with E-state index >= 15 is 0 Å². The number of rotatable bonds is 1. The van der Waals surface area contributed by atoms with Crippen LogP contribution in [0.15, 0.2) is 12.2 Å². The maximum Gasteiger partial charge on any atom is 0.404 e. The number of allylic oxidation sites excluding steroid dienone is 2. The summed E-state index contributed by atoms with van der Waals surface area (Å²) in [6.45, 7) is 0. The van der Waals surface area contributed by atoms with Crippen molar-refractivity contribution in [2.75, 3.05) is 0 Å². The smallest absolute Gasteiger partial charge is 0.404 e. The van der Waals surface area contributed by atoms with Crippen LogP contribution in [0.5, 0.6) is 0 Å². The zero-order valence-electron chi connectivity index (χ0n) is 8.72. The average Bonchev–Trinajstić information content (AvgIpc) is 2.70. The molecule has 0 aromatic carbocycles. The Morgan fingerprint density at radius 2 is 1.61 bits per heavy atom. The van der Waals surface area contributed by atoms with Crippen molar-refractivity contribution in [3.05, 3.63) is 12.2 Å². The molecule has 2 bridgehead atoms. The second-order valence-corrected chi connectivity index (χ2v) is 4.57. The molecule has 1 saturated carbocycles. The zero-order chi connectivity index (χ0) is 13.9. The van der Waals surface area contributed by atoms with Gasteiger partial charge in [0.05, 0.1) is 5.92 Å². The lowest BCUT2D eigenvalue weighted by Gasteiger charge is -2.42. The van der Waals surface area contributed by atoms with Gasteiger partial charge in [-0.15, -0.1) is 0 Å². The SMILES string of the molecule is O=C(O)[C@@H]1[C@H]2C=C[C@@H](C2)C1(C(F)(F)F)C(F)(F)F. The van der Waals surface area contributed by atoms with Gasteiger partial charge in [-0.1, -0.05) is 12.2 Å². The van der Waals surface area contributed by atoms with Crippen molar-refractivity contribution in [3.8, 4) is 0 Å². The lowest BCUT2D eigenvalue weighted by molar-refractivity contribution is -0.362. The van der Waals surface area contributed by atoms with Gasteiger partial charge >= 0.3 is 18.3 Å². The summed E-state index contributed by atoms with van der Waals surface area (Å²) < 4.78 is 77.8. The number of carboxylic acid groups (broad SMARTS) is 1. The van der Waals surface area contributed by atoms with Crippen LogP contribution in [0.25, 0.3) is 0 Å². The van der Waals surface area contributed by atoms with Crippen LogP contribution in [0.3, 0.4) is 0 Å². The monoisotopic (exact) mass is 274 g/mol. The quantitative estimate of drug-likeness (QED) is 0.589. The van der Waals surface area contributed by atoms with Gasteiger partial charge < -0.3 is 5.11 Å². The molecular formula is C10H8F6O2. The van der Waals surface area contributed by atoms with Gasteiger partial charge in [0.25, 0.3) is 0 Å². The molecule has 8 heteroatoms. The number of fused-ring (bicyclic) bond motifs is 2. The van der Waals surface area contributed by atoms with Crippen LogP contribution in [-0.2, 0) is 4.79 Å². The summed E-state index contributed by atoms with van der Waals surface area (Å²) in [5, 5.41) is 8.76. The summed E-state index contributed by atoms with van der Waals surface area (Å²) in [5.74, 6) is -7.60. The van der Waals surface area contributed by atoms with Crippen LogP contribution < -0.4 is 0 Å². The van der Waals surface area contributed by atoms with E-state index in [1.54, 1.807) is 0 Å². The van der Waals surface area contributed by atoms with Crippen molar-refractivity contribution in [1.29, 1.82) is 0 Å². The first-order valence-corrected chi connectivity index (χ1v) is 5.08. The first kappa shape index (κ1) is 13.2. The second kappa shape index (κ2) is 3.42. The molecule has 2 aliphatic carbocycles. The molecule has 0 saturated heterocycles. The molecule has 0 aromatic heterocycles. The van der Waals surface area contributed by atoms with Crippen LogP contribution in [0.2, 0.25) is 0 Å². The normalized spacial score (nSPS) is 34.0. The molecule has 3 atom stereocenters. The number of hydrogen-bond donors (Lipinski definition) is 1. The largest absolute Gasteiger partial charge is 0.481 e. The third-order valence-electron chi connectivity index (χ3n) is 3.82. The molecule has 0 heterocycles. The van der Waals surface area contributed by atoms with E-state index in [9.17, 15) is 31.1 Å². The fourth-order valence-corrected chi connectivity index (χ4v) is 3.19. The van der Waals surface area contributed by atoms with Gasteiger partial charge in [0.1, 0.15) is 0 Å². The van der Waals surface area contributed by atoms with E-state index in [-0.39, 0.29) is 0 Å². The Kier molecular flexibility index (Phi) is 2.51. The molecular weight excluding hydrogens is 266 g/mol. The van der Waals surface area contributed by atoms with E-state index in [2.05, 4.69) is 0 Å².